The Kier molecular flexibility index (Phi) is 55.3. The zero-order valence-corrected chi connectivity index (χ0v) is 61.8. The number of aliphatic hydroxyl groups is 11. The van der Waals surface area contributed by atoms with Gasteiger partial charge in [-0.1, -0.05) is 255 Å². The van der Waals surface area contributed by atoms with Gasteiger partial charge in [-0.15, -0.1) is 0 Å². The molecule has 0 aromatic rings. The van der Waals surface area contributed by atoms with Crippen LogP contribution in [0.15, 0.2) is 158 Å². The van der Waals surface area contributed by atoms with E-state index in [1.807, 2.05) is 6.08 Å². The van der Waals surface area contributed by atoms with Gasteiger partial charge in [0.2, 0.25) is 5.91 Å². The predicted molar refractivity (Wildman–Crippen MR) is 405 cm³/mol. The van der Waals surface area contributed by atoms with Gasteiger partial charge in [-0.25, -0.2) is 0 Å². The SMILES string of the molecule is CC/C=C\C/C=C\C/C=C\C/C=C\C/C=C\C/C=C\C/C=C\C/C=C\C/C=C\C/C=C\CCCCC(=O)NC(COC1OC(CO)C(OC2OC(CO)C(OC3OC(CO)C(O)C(O)C3O)C(O)C2O)C(O)C1O)C(O)/C=C/CC/C=C/CC/C=C/CCCCCCCCCCCCCCCC. The van der Waals surface area contributed by atoms with Gasteiger partial charge in [0.1, 0.15) is 73.2 Å². The van der Waals surface area contributed by atoms with Gasteiger partial charge in [0.25, 0.3) is 0 Å². The Bertz CT molecular complexity index is 2460. The molecule has 3 aliphatic heterocycles. The van der Waals surface area contributed by atoms with Gasteiger partial charge < -0.3 is 89.9 Å². The number of carbonyl (C=O) groups is 1. The largest absolute Gasteiger partial charge is 0.394 e. The monoisotopic (exact) mass is 1430 g/mol. The van der Waals surface area contributed by atoms with Gasteiger partial charge in [0, 0.05) is 6.42 Å². The molecule has 0 saturated carbocycles. The van der Waals surface area contributed by atoms with Crippen molar-refractivity contribution in [1.82, 2.24) is 5.32 Å². The summed E-state index contributed by atoms with van der Waals surface area (Å²) in [4.78, 5) is 13.4. The van der Waals surface area contributed by atoms with Crippen LogP contribution < -0.4 is 5.32 Å². The summed E-state index contributed by atoms with van der Waals surface area (Å²) in [7, 11) is 0. The summed E-state index contributed by atoms with van der Waals surface area (Å²) in [5.41, 5.74) is 0. The minimum absolute atomic E-state index is 0.165. The fourth-order valence-corrected chi connectivity index (χ4v) is 11.8. The minimum atomic E-state index is -2.00. The van der Waals surface area contributed by atoms with Crippen molar-refractivity contribution < 1.29 is 89.4 Å². The number of nitrogens with one attached hydrogen (secondary N) is 1. The van der Waals surface area contributed by atoms with Crippen LogP contribution in [0.2, 0.25) is 0 Å². The van der Waals surface area contributed by atoms with Crippen molar-refractivity contribution in [3.05, 3.63) is 158 Å². The summed E-state index contributed by atoms with van der Waals surface area (Å²) in [6, 6.07) is -1.03. The Hall–Kier alpha value is -4.59. The average Bonchev–Trinajstić information content (AvgIpc) is 0.781. The van der Waals surface area contributed by atoms with E-state index in [1.54, 1.807) is 6.08 Å². The summed E-state index contributed by atoms with van der Waals surface area (Å²) in [6.07, 6.45) is 63.6. The molecule has 12 N–H and O–H groups in total. The molecule has 3 fully saturated rings. The molecule has 3 saturated heterocycles. The lowest BCUT2D eigenvalue weighted by Gasteiger charge is -2.48. The molecule has 0 aromatic heterocycles. The van der Waals surface area contributed by atoms with Gasteiger partial charge >= 0.3 is 0 Å². The summed E-state index contributed by atoms with van der Waals surface area (Å²) >= 11 is 0. The summed E-state index contributed by atoms with van der Waals surface area (Å²) < 4.78 is 34.3. The van der Waals surface area contributed by atoms with E-state index in [4.69, 9.17) is 28.4 Å². The highest BCUT2D eigenvalue weighted by molar-refractivity contribution is 5.76. The van der Waals surface area contributed by atoms with Crippen molar-refractivity contribution in [2.45, 2.75) is 330 Å². The third-order valence-electron chi connectivity index (χ3n) is 18.0. The van der Waals surface area contributed by atoms with Crippen LogP contribution >= 0.6 is 0 Å². The van der Waals surface area contributed by atoms with Gasteiger partial charge in [-0.2, -0.15) is 0 Å². The zero-order chi connectivity index (χ0) is 73.9. The summed E-state index contributed by atoms with van der Waals surface area (Å²) in [6.45, 7) is 1.55. The van der Waals surface area contributed by atoms with Crippen LogP contribution in [-0.2, 0) is 33.2 Å². The maximum atomic E-state index is 13.4. The fourth-order valence-electron chi connectivity index (χ4n) is 11.8. The summed E-state index contributed by atoms with van der Waals surface area (Å²) in [5, 5.41) is 121. The van der Waals surface area contributed by atoms with Crippen molar-refractivity contribution in [2.75, 3.05) is 26.4 Å². The molecule has 0 aromatic carbocycles. The Morgan fingerprint density at radius 2 is 0.686 bits per heavy atom. The van der Waals surface area contributed by atoms with Crippen LogP contribution in [0.5, 0.6) is 0 Å². The van der Waals surface area contributed by atoms with Crippen molar-refractivity contribution in [2.24, 2.45) is 0 Å². The number of hydrogen-bond donors (Lipinski definition) is 12. The third kappa shape index (κ3) is 41.3. The van der Waals surface area contributed by atoms with E-state index in [1.165, 1.54) is 89.9 Å². The molecular weight excluding hydrogens is 1300 g/mol. The second-order valence-electron chi connectivity index (χ2n) is 26.7. The van der Waals surface area contributed by atoms with Gasteiger partial charge in [-0.05, 0) is 122 Å². The molecule has 3 aliphatic rings. The molecule has 1 amide bonds. The number of ether oxygens (including phenoxy) is 6. The highest BCUT2D eigenvalue weighted by Gasteiger charge is 2.53. The van der Waals surface area contributed by atoms with E-state index >= 15 is 0 Å². The minimum Gasteiger partial charge on any atom is -0.394 e. The van der Waals surface area contributed by atoms with E-state index in [9.17, 15) is 61.0 Å². The standard InChI is InChI=1S/C83H135NO18/c1-3-5-7-9-11-13-15-17-19-21-23-25-27-29-30-31-32-33-34-35-36-37-39-41-43-45-47-49-51-53-55-57-59-61-71(89)84-66(67(88)60-58-56-54-52-50-48-46-44-42-40-38-28-26-24-22-20-18-16-14-12-10-8-6-4-2)65-97-81-77(95)74(92)79(69(63-86)99-81)102-83-78(96)75(93)80(70(64-87)100-83)101-82-76(94)73(91)72(90)68(62-85)98-82/h5,7,11,13,17,19,23,25,29-30,32-33,35-36,39,41-42,44-45,47,50-53,58,60,66-70,72-83,85-88,90-96H,3-4,6,8-10,12,14-16,18,20-22,24,26-28,31,34,37-38,40,43,46,48-49,54-57,59,61-65H2,1-2H3,(H,84,89)/b7-5-,13-11-,19-17-,25-23-,30-29-,33-32-,36-35-,41-39-,44-42+,47-45-,52-50+,53-51-,60-58+. The first-order valence-corrected chi connectivity index (χ1v) is 38.7. The number of allylic oxidation sites excluding steroid dienone is 25. The number of hydrogen-bond acceptors (Lipinski definition) is 18. The zero-order valence-electron chi connectivity index (χ0n) is 61.8. The first-order valence-electron chi connectivity index (χ1n) is 38.7. The third-order valence-corrected chi connectivity index (χ3v) is 18.0. The van der Waals surface area contributed by atoms with Crippen molar-refractivity contribution in [3.8, 4) is 0 Å². The van der Waals surface area contributed by atoms with E-state index in [0.717, 1.165) is 103 Å². The van der Waals surface area contributed by atoms with Gasteiger partial charge in [0.15, 0.2) is 18.9 Å². The van der Waals surface area contributed by atoms with Gasteiger partial charge in [0.05, 0.1) is 38.6 Å². The van der Waals surface area contributed by atoms with Crippen LogP contribution in [0.1, 0.15) is 226 Å². The topological polar surface area (TPSA) is 307 Å². The maximum Gasteiger partial charge on any atom is 0.220 e. The first-order chi connectivity index (χ1) is 49.8. The second kappa shape index (κ2) is 61.6. The molecule has 19 heteroatoms. The molecule has 580 valence electrons. The molecule has 17 unspecified atom stereocenters. The second-order valence-corrected chi connectivity index (χ2v) is 26.7. The number of rotatable bonds is 58. The number of unbranched alkanes of at least 4 members (excludes halogenated alkanes) is 18. The van der Waals surface area contributed by atoms with Gasteiger partial charge in [-0.3, -0.25) is 4.79 Å². The molecule has 17 atom stereocenters. The smallest absolute Gasteiger partial charge is 0.220 e. The molecular formula is C83H135NO18. The van der Waals surface area contributed by atoms with Crippen LogP contribution in [0.3, 0.4) is 0 Å². The van der Waals surface area contributed by atoms with Crippen LogP contribution in [0, 0.1) is 0 Å². The Morgan fingerprint density at radius 3 is 1.10 bits per heavy atom. The summed E-state index contributed by atoms with van der Waals surface area (Å²) in [5.74, 6) is -0.338. The molecule has 19 nitrogen and oxygen atoms in total. The lowest BCUT2D eigenvalue weighted by Crippen LogP contribution is -2.66. The Labute approximate surface area is 612 Å². The Balaban J connectivity index is 1.44. The van der Waals surface area contributed by atoms with Crippen molar-refractivity contribution in [1.29, 1.82) is 0 Å². The van der Waals surface area contributed by atoms with Crippen molar-refractivity contribution >= 4 is 5.91 Å². The van der Waals surface area contributed by atoms with E-state index < -0.39 is 131 Å². The molecule has 3 heterocycles. The number of aliphatic hydroxyl groups excluding tert-OH is 11. The highest BCUT2D eigenvalue weighted by Crippen LogP contribution is 2.33. The van der Waals surface area contributed by atoms with E-state index in [0.29, 0.717) is 12.8 Å². The molecule has 0 aliphatic carbocycles. The van der Waals surface area contributed by atoms with Crippen LogP contribution in [0.25, 0.3) is 0 Å². The number of amides is 1. The molecule has 0 radical (unpaired) electrons. The highest BCUT2D eigenvalue weighted by atomic mass is 16.8. The quantitative estimate of drug-likeness (QED) is 0.0199. The van der Waals surface area contributed by atoms with E-state index in [-0.39, 0.29) is 12.3 Å². The van der Waals surface area contributed by atoms with Crippen molar-refractivity contribution in [3.63, 3.8) is 0 Å². The lowest BCUT2D eigenvalue weighted by atomic mass is 9.96. The normalized spacial score (nSPS) is 27.1. The predicted octanol–water partition coefficient (Wildman–Crippen LogP) is 12.4. The average molecular weight is 1430 g/mol. The molecule has 102 heavy (non-hydrogen) atoms. The van der Waals surface area contributed by atoms with E-state index in [2.05, 4.69) is 165 Å². The first kappa shape index (κ1) is 91.6. The molecule has 0 bridgehead atoms. The Morgan fingerprint density at radius 1 is 0.363 bits per heavy atom. The number of carbonyl (C=O) groups excluding carboxylic acids is 1. The maximum absolute atomic E-state index is 13.4. The van der Waals surface area contributed by atoms with Crippen LogP contribution in [0.4, 0.5) is 0 Å². The molecule has 0 spiro atoms. The fraction of sp³-hybridized carbons (Fsp3) is 0.675. The lowest BCUT2D eigenvalue weighted by molar-refractivity contribution is -0.379. The van der Waals surface area contributed by atoms with Crippen LogP contribution in [-0.4, -0.2) is 193 Å². The molecule has 3 rings (SSSR count).